The molecule has 1 aromatic carbocycles. The first-order valence-electron chi connectivity index (χ1n) is 6.34. The number of benzene rings is 1. The lowest BCUT2D eigenvalue weighted by atomic mass is 10.1. The molecule has 0 aliphatic heterocycles. The van der Waals surface area contributed by atoms with Gasteiger partial charge in [0.15, 0.2) is 9.84 Å². The minimum atomic E-state index is -3.03. The molecule has 0 N–H and O–H groups in total. The van der Waals surface area contributed by atoms with Gasteiger partial charge in [0, 0.05) is 18.0 Å². The van der Waals surface area contributed by atoms with Crippen LogP contribution >= 0.6 is 0 Å². The van der Waals surface area contributed by atoms with Gasteiger partial charge in [-0.2, -0.15) is 0 Å². The third-order valence-corrected chi connectivity index (χ3v) is 3.55. The van der Waals surface area contributed by atoms with Crippen molar-refractivity contribution in [2.24, 2.45) is 0 Å². The maximum atomic E-state index is 11.2. The van der Waals surface area contributed by atoms with Crippen LogP contribution < -0.4 is 4.74 Å². The van der Waals surface area contributed by atoms with Gasteiger partial charge in [-0.15, -0.1) is 0 Å². The second-order valence-electron chi connectivity index (χ2n) is 4.58. The molecule has 0 amide bonds. The summed E-state index contributed by atoms with van der Waals surface area (Å²) in [6, 6.07) is 11.3. The van der Waals surface area contributed by atoms with Crippen LogP contribution in [0.2, 0.25) is 0 Å². The molecule has 4 nitrogen and oxygen atoms in total. The largest absolute Gasteiger partial charge is 0.494 e. The number of hydrogen-bond donors (Lipinski definition) is 0. The number of nitrogens with zero attached hydrogens (tertiary/aromatic N) is 1. The lowest BCUT2D eigenvalue weighted by Crippen LogP contribution is -2.01. The number of aromatic nitrogens is 1. The fourth-order valence-electron chi connectivity index (χ4n) is 1.90. The molecule has 0 aliphatic carbocycles. The highest BCUT2D eigenvalue weighted by Crippen LogP contribution is 2.22. The molecule has 0 radical (unpaired) electrons. The highest BCUT2D eigenvalue weighted by molar-refractivity contribution is 7.89. The summed E-state index contributed by atoms with van der Waals surface area (Å²) in [7, 11) is -3.03. The van der Waals surface area contributed by atoms with Gasteiger partial charge in [0.2, 0.25) is 0 Å². The molecule has 0 fully saturated rings. The van der Waals surface area contributed by atoms with Crippen molar-refractivity contribution < 1.29 is 13.2 Å². The predicted molar refractivity (Wildman–Crippen MR) is 79.4 cm³/mol. The molecule has 0 atom stereocenters. The van der Waals surface area contributed by atoms with Crippen molar-refractivity contribution in [3.05, 3.63) is 48.2 Å². The minimum absolute atomic E-state index is 0.0132. The quantitative estimate of drug-likeness (QED) is 0.850. The standard InChI is InChI=1S/C15H17NO3S/c1-3-19-14-6-4-5-13(9-14)15-8-7-12(10-16-15)11-20(2,17)18/h4-10H,3,11H2,1-2H3. The summed E-state index contributed by atoms with van der Waals surface area (Å²) < 4.78 is 27.9. The van der Waals surface area contributed by atoms with Crippen LogP contribution in [0, 0.1) is 0 Å². The van der Waals surface area contributed by atoms with Crippen LogP contribution in [0.1, 0.15) is 12.5 Å². The second kappa shape index (κ2) is 6.05. The van der Waals surface area contributed by atoms with Gasteiger partial charge < -0.3 is 4.74 Å². The Morgan fingerprint density at radius 1 is 1.20 bits per heavy atom. The monoisotopic (exact) mass is 291 g/mol. The number of sulfone groups is 1. The topological polar surface area (TPSA) is 56.3 Å². The first-order valence-corrected chi connectivity index (χ1v) is 8.40. The fraction of sp³-hybridized carbons (Fsp3) is 0.267. The molecule has 106 valence electrons. The molecule has 0 unspecified atom stereocenters. The molecular formula is C15H17NO3S. The lowest BCUT2D eigenvalue weighted by Gasteiger charge is -2.06. The Bertz CT molecular complexity index is 679. The highest BCUT2D eigenvalue weighted by atomic mass is 32.2. The van der Waals surface area contributed by atoms with E-state index in [1.165, 1.54) is 6.26 Å². The maximum absolute atomic E-state index is 11.2. The summed E-state index contributed by atoms with van der Waals surface area (Å²) in [6.45, 7) is 2.55. The van der Waals surface area contributed by atoms with Crippen molar-refractivity contribution >= 4 is 9.84 Å². The first kappa shape index (κ1) is 14.5. The van der Waals surface area contributed by atoms with Gasteiger partial charge in [-0.25, -0.2) is 8.42 Å². The summed E-state index contributed by atoms with van der Waals surface area (Å²) in [5.74, 6) is 0.811. The number of rotatable bonds is 5. The van der Waals surface area contributed by atoms with Crippen LogP contribution in [0.15, 0.2) is 42.6 Å². The van der Waals surface area contributed by atoms with Crippen molar-refractivity contribution in [3.63, 3.8) is 0 Å². The summed E-state index contributed by atoms with van der Waals surface area (Å²) in [5, 5.41) is 0. The van der Waals surface area contributed by atoms with E-state index in [0.717, 1.165) is 17.0 Å². The third kappa shape index (κ3) is 4.06. The average molecular weight is 291 g/mol. The lowest BCUT2D eigenvalue weighted by molar-refractivity contribution is 0.340. The van der Waals surface area contributed by atoms with E-state index in [2.05, 4.69) is 4.98 Å². The van der Waals surface area contributed by atoms with Gasteiger partial charge >= 0.3 is 0 Å². The molecule has 0 saturated carbocycles. The summed E-state index contributed by atoms with van der Waals surface area (Å²) in [6.07, 6.45) is 2.82. The second-order valence-corrected chi connectivity index (χ2v) is 6.72. The summed E-state index contributed by atoms with van der Waals surface area (Å²) in [5.41, 5.74) is 2.43. The Balaban J connectivity index is 2.23. The molecule has 1 aromatic heterocycles. The van der Waals surface area contributed by atoms with Gasteiger partial charge in [-0.05, 0) is 30.7 Å². The van der Waals surface area contributed by atoms with Crippen LogP contribution in [-0.4, -0.2) is 26.3 Å². The third-order valence-electron chi connectivity index (χ3n) is 2.69. The number of ether oxygens (including phenoxy) is 1. The first-order chi connectivity index (χ1) is 9.48. The van der Waals surface area contributed by atoms with Crippen LogP contribution in [-0.2, 0) is 15.6 Å². The summed E-state index contributed by atoms with van der Waals surface area (Å²) in [4.78, 5) is 4.31. The molecule has 2 aromatic rings. The predicted octanol–water partition coefficient (Wildman–Crippen LogP) is 2.69. The van der Waals surface area contributed by atoms with E-state index < -0.39 is 9.84 Å². The number of hydrogen-bond acceptors (Lipinski definition) is 4. The van der Waals surface area contributed by atoms with Gasteiger partial charge in [0.05, 0.1) is 18.1 Å². The van der Waals surface area contributed by atoms with E-state index in [4.69, 9.17) is 4.74 Å². The highest BCUT2D eigenvalue weighted by Gasteiger charge is 2.06. The fourth-order valence-corrected chi connectivity index (χ4v) is 2.67. The van der Waals surface area contributed by atoms with Crippen molar-refractivity contribution in [2.75, 3.05) is 12.9 Å². The van der Waals surface area contributed by atoms with Crippen LogP contribution in [0.3, 0.4) is 0 Å². The van der Waals surface area contributed by atoms with Gasteiger partial charge in [0.25, 0.3) is 0 Å². The van der Waals surface area contributed by atoms with Crippen molar-refractivity contribution in [1.82, 2.24) is 4.98 Å². The van der Waals surface area contributed by atoms with Crippen LogP contribution in [0.4, 0.5) is 0 Å². The van der Waals surface area contributed by atoms with Gasteiger partial charge in [0.1, 0.15) is 5.75 Å². The van der Waals surface area contributed by atoms with E-state index in [9.17, 15) is 8.42 Å². The van der Waals surface area contributed by atoms with Crippen LogP contribution in [0.25, 0.3) is 11.3 Å². The van der Waals surface area contributed by atoms with Gasteiger partial charge in [-0.3, -0.25) is 4.98 Å². The SMILES string of the molecule is CCOc1cccc(-c2ccc(CS(C)(=O)=O)cn2)c1. The summed E-state index contributed by atoms with van der Waals surface area (Å²) >= 11 is 0. The van der Waals surface area contributed by atoms with Crippen molar-refractivity contribution in [2.45, 2.75) is 12.7 Å². The molecule has 0 spiro atoms. The minimum Gasteiger partial charge on any atom is -0.494 e. The Kier molecular flexibility index (Phi) is 4.39. The number of pyridine rings is 1. The van der Waals surface area contributed by atoms with Gasteiger partial charge in [-0.1, -0.05) is 18.2 Å². The molecular weight excluding hydrogens is 274 g/mol. The van der Waals surface area contributed by atoms with Crippen LogP contribution in [0.5, 0.6) is 5.75 Å². The maximum Gasteiger partial charge on any atom is 0.151 e. The average Bonchev–Trinajstić information content (AvgIpc) is 2.38. The zero-order valence-corrected chi connectivity index (χ0v) is 12.4. The van der Waals surface area contributed by atoms with E-state index >= 15 is 0 Å². The Labute approximate surface area is 119 Å². The Hall–Kier alpha value is -1.88. The molecule has 1 heterocycles. The molecule has 0 saturated heterocycles. The molecule has 20 heavy (non-hydrogen) atoms. The Morgan fingerprint density at radius 2 is 2.00 bits per heavy atom. The van der Waals surface area contributed by atoms with Crippen molar-refractivity contribution in [1.29, 1.82) is 0 Å². The normalized spacial score (nSPS) is 11.3. The zero-order chi connectivity index (χ0) is 14.6. The zero-order valence-electron chi connectivity index (χ0n) is 11.5. The molecule has 0 bridgehead atoms. The molecule has 2 rings (SSSR count). The van der Waals surface area contributed by atoms with E-state index in [0.29, 0.717) is 12.2 Å². The smallest absolute Gasteiger partial charge is 0.151 e. The molecule has 0 aliphatic rings. The van der Waals surface area contributed by atoms with E-state index in [1.54, 1.807) is 12.3 Å². The Morgan fingerprint density at radius 3 is 2.60 bits per heavy atom. The van der Waals surface area contributed by atoms with E-state index in [-0.39, 0.29) is 5.75 Å². The molecule has 5 heteroatoms. The van der Waals surface area contributed by atoms with E-state index in [1.807, 2.05) is 37.3 Å². The van der Waals surface area contributed by atoms with Crippen molar-refractivity contribution in [3.8, 4) is 17.0 Å².